The lowest BCUT2D eigenvalue weighted by atomic mass is 10.4. The van der Waals surface area contributed by atoms with Crippen LogP contribution in [0, 0.1) is 12.3 Å². The number of hydrogen-bond donors (Lipinski definition) is 0. The molecule has 0 aliphatic carbocycles. The van der Waals surface area contributed by atoms with Gasteiger partial charge in [-0.05, 0) is 5.92 Å². The van der Waals surface area contributed by atoms with Crippen LogP contribution in [0.5, 0.6) is 0 Å². The zero-order chi connectivity index (χ0) is 7.40. The van der Waals surface area contributed by atoms with Crippen molar-refractivity contribution < 1.29 is 26.3 Å². The number of terminal acetylenes is 1. The molecular formula is C8H12BrNO. The van der Waals surface area contributed by atoms with Crippen LogP contribution in [0.1, 0.15) is 13.3 Å². The maximum atomic E-state index is 5.31. The standard InChI is InChI=1S/C8H12NO.BrH/c1-3-5-9-6-7-10-8(9)4-2;/h1H,4-7H2,2H3;1H/q+1;/p-1. The molecule has 0 aromatic heterocycles. The average Bonchev–Trinajstić information content (AvgIpc) is 2.36. The summed E-state index contributed by atoms with van der Waals surface area (Å²) in [6, 6.07) is 0. The van der Waals surface area contributed by atoms with Crippen LogP contribution in [0.2, 0.25) is 0 Å². The summed E-state index contributed by atoms with van der Waals surface area (Å²) in [5.41, 5.74) is 0. The van der Waals surface area contributed by atoms with Crippen LogP contribution in [0.4, 0.5) is 0 Å². The third-order valence-electron chi connectivity index (χ3n) is 1.57. The second-order valence-corrected chi connectivity index (χ2v) is 2.22. The fraction of sp³-hybridized carbons (Fsp3) is 0.625. The summed E-state index contributed by atoms with van der Waals surface area (Å²) in [6.07, 6.45) is 6.11. The van der Waals surface area contributed by atoms with E-state index in [4.69, 9.17) is 11.2 Å². The fourth-order valence-electron chi connectivity index (χ4n) is 1.09. The Morgan fingerprint density at radius 3 is 3.00 bits per heavy atom. The van der Waals surface area contributed by atoms with Gasteiger partial charge in [0.15, 0.2) is 13.2 Å². The van der Waals surface area contributed by atoms with Crippen LogP contribution in [0.25, 0.3) is 0 Å². The van der Waals surface area contributed by atoms with Crippen LogP contribution in [-0.2, 0) is 4.74 Å². The normalized spacial score (nSPS) is 15.3. The Balaban J connectivity index is 0.000001000. The maximum Gasteiger partial charge on any atom is 0.337 e. The summed E-state index contributed by atoms with van der Waals surface area (Å²) in [4.78, 5) is 0. The number of nitrogens with zero attached hydrogens (tertiary/aromatic N) is 1. The minimum Gasteiger partial charge on any atom is -1.00 e. The highest BCUT2D eigenvalue weighted by Crippen LogP contribution is 1.97. The second-order valence-electron chi connectivity index (χ2n) is 2.22. The minimum atomic E-state index is 0. The molecule has 62 valence electrons. The van der Waals surface area contributed by atoms with E-state index < -0.39 is 0 Å². The highest BCUT2D eigenvalue weighted by molar-refractivity contribution is 5.71. The predicted octanol–water partition coefficient (Wildman–Crippen LogP) is -2.53. The Morgan fingerprint density at radius 2 is 2.45 bits per heavy atom. The van der Waals surface area contributed by atoms with Crippen LogP contribution in [0.15, 0.2) is 0 Å². The van der Waals surface area contributed by atoms with Gasteiger partial charge in [-0.25, -0.2) is 0 Å². The third kappa shape index (κ3) is 2.55. The Hall–Kier alpha value is -0.490. The molecule has 1 aliphatic rings. The minimum absolute atomic E-state index is 0. The first-order chi connectivity index (χ1) is 4.88. The monoisotopic (exact) mass is 217 g/mol. The highest BCUT2D eigenvalue weighted by Gasteiger charge is 2.20. The van der Waals surface area contributed by atoms with Gasteiger partial charge in [0.1, 0.15) is 0 Å². The van der Waals surface area contributed by atoms with Gasteiger partial charge in [0.2, 0.25) is 6.54 Å². The molecule has 2 nitrogen and oxygen atoms in total. The van der Waals surface area contributed by atoms with Gasteiger partial charge in [-0.3, -0.25) is 0 Å². The molecule has 0 unspecified atom stereocenters. The van der Waals surface area contributed by atoms with Crippen molar-refractivity contribution in [3.8, 4) is 12.3 Å². The molecule has 1 aliphatic heterocycles. The quantitative estimate of drug-likeness (QED) is 0.368. The predicted molar refractivity (Wildman–Crippen MR) is 40.1 cm³/mol. The van der Waals surface area contributed by atoms with Crippen molar-refractivity contribution in [2.75, 3.05) is 19.7 Å². The van der Waals surface area contributed by atoms with Crippen molar-refractivity contribution in [3.05, 3.63) is 0 Å². The molecular weight excluding hydrogens is 206 g/mol. The summed E-state index contributed by atoms with van der Waals surface area (Å²) >= 11 is 0. The topological polar surface area (TPSA) is 12.2 Å². The Kier molecular flexibility index (Phi) is 4.97. The molecule has 0 atom stereocenters. The van der Waals surface area contributed by atoms with Crippen molar-refractivity contribution in [1.82, 2.24) is 0 Å². The van der Waals surface area contributed by atoms with Crippen LogP contribution in [-0.4, -0.2) is 30.2 Å². The highest BCUT2D eigenvalue weighted by atomic mass is 79.9. The van der Waals surface area contributed by atoms with E-state index in [9.17, 15) is 0 Å². The van der Waals surface area contributed by atoms with E-state index in [1.165, 1.54) is 0 Å². The van der Waals surface area contributed by atoms with E-state index in [2.05, 4.69) is 17.4 Å². The van der Waals surface area contributed by atoms with Crippen LogP contribution < -0.4 is 17.0 Å². The maximum absolute atomic E-state index is 5.31. The van der Waals surface area contributed by atoms with Gasteiger partial charge in [0.25, 0.3) is 0 Å². The lowest BCUT2D eigenvalue weighted by molar-refractivity contribution is -0.506. The van der Waals surface area contributed by atoms with E-state index in [1.807, 2.05) is 0 Å². The Labute approximate surface area is 78.0 Å². The molecule has 0 amide bonds. The van der Waals surface area contributed by atoms with Crippen molar-refractivity contribution >= 4 is 5.90 Å². The average molecular weight is 218 g/mol. The van der Waals surface area contributed by atoms with E-state index in [-0.39, 0.29) is 17.0 Å². The summed E-state index contributed by atoms with van der Waals surface area (Å²) in [6.45, 7) is 4.51. The summed E-state index contributed by atoms with van der Waals surface area (Å²) < 4.78 is 7.41. The lowest BCUT2D eigenvalue weighted by Gasteiger charge is -1.91. The molecule has 11 heavy (non-hydrogen) atoms. The molecule has 0 aromatic carbocycles. The zero-order valence-corrected chi connectivity index (χ0v) is 8.23. The Bertz CT molecular complexity index is 193. The van der Waals surface area contributed by atoms with Gasteiger partial charge in [-0.1, -0.05) is 6.92 Å². The molecule has 1 heterocycles. The first-order valence-corrected chi connectivity index (χ1v) is 3.55. The number of ether oxygens (including phenoxy) is 1. The second kappa shape index (κ2) is 5.20. The molecule has 0 N–H and O–H groups in total. The summed E-state index contributed by atoms with van der Waals surface area (Å²) in [5, 5.41) is 0. The van der Waals surface area contributed by atoms with Crippen molar-refractivity contribution in [2.24, 2.45) is 0 Å². The Morgan fingerprint density at radius 1 is 1.73 bits per heavy atom. The smallest absolute Gasteiger partial charge is 0.337 e. The van der Waals surface area contributed by atoms with Gasteiger partial charge in [0.05, 0.1) is 6.42 Å². The third-order valence-corrected chi connectivity index (χ3v) is 1.57. The molecule has 0 aromatic rings. The molecule has 1 rings (SSSR count). The van der Waals surface area contributed by atoms with Crippen LogP contribution in [0.3, 0.4) is 0 Å². The van der Waals surface area contributed by atoms with E-state index in [0.29, 0.717) is 6.54 Å². The fourth-order valence-corrected chi connectivity index (χ4v) is 1.09. The number of hydrogen-bond acceptors (Lipinski definition) is 1. The van der Waals surface area contributed by atoms with E-state index >= 15 is 0 Å². The van der Waals surface area contributed by atoms with Gasteiger partial charge >= 0.3 is 5.90 Å². The zero-order valence-electron chi connectivity index (χ0n) is 6.64. The largest absolute Gasteiger partial charge is 1.00 e. The number of rotatable bonds is 2. The van der Waals surface area contributed by atoms with Gasteiger partial charge in [0, 0.05) is 0 Å². The lowest BCUT2D eigenvalue weighted by Crippen LogP contribution is -3.00. The summed E-state index contributed by atoms with van der Waals surface area (Å²) in [7, 11) is 0. The first kappa shape index (κ1) is 10.5. The van der Waals surface area contributed by atoms with Crippen LogP contribution >= 0.6 is 0 Å². The van der Waals surface area contributed by atoms with E-state index in [1.54, 1.807) is 0 Å². The molecule has 3 heteroatoms. The molecule has 0 saturated heterocycles. The summed E-state index contributed by atoms with van der Waals surface area (Å²) in [5.74, 6) is 3.64. The number of halogens is 1. The van der Waals surface area contributed by atoms with Gasteiger partial charge < -0.3 is 21.7 Å². The molecule has 0 saturated carbocycles. The molecule has 0 fully saturated rings. The van der Waals surface area contributed by atoms with Crippen molar-refractivity contribution in [1.29, 1.82) is 0 Å². The van der Waals surface area contributed by atoms with E-state index in [0.717, 1.165) is 25.5 Å². The first-order valence-electron chi connectivity index (χ1n) is 3.55. The molecule has 0 radical (unpaired) electrons. The van der Waals surface area contributed by atoms with Gasteiger partial charge in [-0.15, -0.1) is 6.42 Å². The SMILES string of the molecule is C#CC[N+]1=C(CC)OCC1.[Br-]. The molecule has 0 spiro atoms. The van der Waals surface area contributed by atoms with Gasteiger partial charge in [-0.2, -0.15) is 4.58 Å². The van der Waals surface area contributed by atoms with Crippen molar-refractivity contribution in [3.63, 3.8) is 0 Å². The molecule has 0 bridgehead atoms. The van der Waals surface area contributed by atoms with Crippen molar-refractivity contribution in [2.45, 2.75) is 13.3 Å².